The number of rotatable bonds is 3. The van der Waals surface area contributed by atoms with E-state index in [-0.39, 0.29) is 5.91 Å². The molecule has 0 bridgehead atoms. The first kappa shape index (κ1) is 12.6. The van der Waals surface area contributed by atoms with E-state index < -0.39 is 0 Å². The van der Waals surface area contributed by atoms with Gasteiger partial charge >= 0.3 is 0 Å². The molecule has 0 atom stereocenters. The second-order valence-electron chi connectivity index (χ2n) is 4.62. The SMILES string of the molecule is O=C(CC1CCCCC1)Nc1cc(Br)ccn1. The molecule has 0 radical (unpaired) electrons. The van der Waals surface area contributed by atoms with Crippen molar-refractivity contribution in [1.82, 2.24) is 4.98 Å². The number of amides is 1. The summed E-state index contributed by atoms with van der Waals surface area (Å²) in [6, 6.07) is 3.66. The summed E-state index contributed by atoms with van der Waals surface area (Å²) >= 11 is 3.36. The number of aromatic nitrogens is 1. The average molecular weight is 297 g/mol. The zero-order valence-electron chi connectivity index (χ0n) is 9.79. The highest BCUT2D eigenvalue weighted by Crippen LogP contribution is 2.26. The minimum absolute atomic E-state index is 0.0856. The molecular weight excluding hydrogens is 280 g/mol. The van der Waals surface area contributed by atoms with Crippen molar-refractivity contribution in [3.05, 3.63) is 22.8 Å². The minimum Gasteiger partial charge on any atom is -0.311 e. The van der Waals surface area contributed by atoms with Gasteiger partial charge < -0.3 is 5.32 Å². The molecular formula is C13H17BrN2O. The molecule has 1 aliphatic carbocycles. The standard InChI is InChI=1S/C13H17BrN2O/c14-11-6-7-15-12(9-11)16-13(17)8-10-4-2-1-3-5-10/h6-7,9-10H,1-5,8H2,(H,15,16,17). The zero-order valence-corrected chi connectivity index (χ0v) is 11.4. The van der Waals surface area contributed by atoms with E-state index in [2.05, 4.69) is 26.2 Å². The molecule has 0 aliphatic heterocycles. The molecule has 1 heterocycles. The Hall–Kier alpha value is -0.900. The topological polar surface area (TPSA) is 42.0 Å². The summed E-state index contributed by atoms with van der Waals surface area (Å²) in [4.78, 5) is 15.9. The molecule has 1 saturated carbocycles. The van der Waals surface area contributed by atoms with Crippen molar-refractivity contribution in [2.24, 2.45) is 5.92 Å². The van der Waals surface area contributed by atoms with Gasteiger partial charge in [0.25, 0.3) is 0 Å². The lowest BCUT2D eigenvalue weighted by Crippen LogP contribution is -2.18. The third-order valence-corrected chi connectivity index (χ3v) is 3.68. The van der Waals surface area contributed by atoms with E-state index in [9.17, 15) is 4.79 Å². The number of pyridine rings is 1. The van der Waals surface area contributed by atoms with Crippen LogP contribution in [0.3, 0.4) is 0 Å². The van der Waals surface area contributed by atoms with E-state index >= 15 is 0 Å². The Morgan fingerprint density at radius 1 is 1.41 bits per heavy atom. The van der Waals surface area contributed by atoms with Gasteiger partial charge in [0, 0.05) is 17.1 Å². The van der Waals surface area contributed by atoms with Crippen molar-refractivity contribution in [2.75, 3.05) is 5.32 Å². The normalized spacial score (nSPS) is 16.8. The smallest absolute Gasteiger partial charge is 0.225 e. The largest absolute Gasteiger partial charge is 0.311 e. The monoisotopic (exact) mass is 296 g/mol. The quantitative estimate of drug-likeness (QED) is 0.923. The van der Waals surface area contributed by atoms with E-state index in [1.807, 2.05) is 12.1 Å². The Bertz CT molecular complexity index is 389. The maximum atomic E-state index is 11.8. The van der Waals surface area contributed by atoms with Crippen LogP contribution in [0.15, 0.2) is 22.8 Å². The Morgan fingerprint density at radius 2 is 2.18 bits per heavy atom. The number of nitrogens with zero attached hydrogens (tertiary/aromatic N) is 1. The molecule has 1 aliphatic rings. The molecule has 17 heavy (non-hydrogen) atoms. The van der Waals surface area contributed by atoms with Gasteiger partial charge in [-0.05, 0) is 30.9 Å². The number of carbonyl (C=O) groups excluding carboxylic acids is 1. The van der Waals surface area contributed by atoms with Gasteiger partial charge in [-0.2, -0.15) is 0 Å². The number of carbonyl (C=O) groups is 1. The van der Waals surface area contributed by atoms with Crippen LogP contribution < -0.4 is 5.32 Å². The maximum absolute atomic E-state index is 11.8. The zero-order chi connectivity index (χ0) is 12.1. The van der Waals surface area contributed by atoms with Crippen LogP contribution in [0, 0.1) is 5.92 Å². The lowest BCUT2D eigenvalue weighted by Gasteiger charge is -2.20. The minimum atomic E-state index is 0.0856. The van der Waals surface area contributed by atoms with Crippen LogP contribution in [0.5, 0.6) is 0 Å². The predicted molar refractivity (Wildman–Crippen MR) is 71.8 cm³/mol. The summed E-state index contributed by atoms with van der Waals surface area (Å²) in [6.07, 6.45) is 8.57. The molecule has 2 rings (SSSR count). The lowest BCUT2D eigenvalue weighted by molar-refractivity contribution is -0.117. The first-order chi connectivity index (χ1) is 8.24. The number of anilines is 1. The van der Waals surface area contributed by atoms with E-state index in [1.165, 1.54) is 32.1 Å². The molecule has 0 saturated heterocycles. The van der Waals surface area contributed by atoms with Gasteiger partial charge in [-0.1, -0.05) is 35.2 Å². The third-order valence-electron chi connectivity index (χ3n) is 3.19. The Labute approximate surface area is 110 Å². The van der Waals surface area contributed by atoms with Gasteiger partial charge in [-0.15, -0.1) is 0 Å². The molecule has 1 aromatic rings. The van der Waals surface area contributed by atoms with Gasteiger partial charge in [0.1, 0.15) is 5.82 Å². The van der Waals surface area contributed by atoms with Crippen molar-refractivity contribution < 1.29 is 4.79 Å². The van der Waals surface area contributed by atoms with Gasteiger partial charge in [0.2, 0.25) is 5.91 Å². The number of hydrogen-bond donors (Lipinski definition) is 1. The fourth-order valence-electron chi connectivity index (χ4n) is 2.32. The Kier molecular flexibility index (Phi) is 4.54. The number of nitrogens with one attached hydrogen (secondary N) is 1. The lowest BCUT2D eigenvalue weighted by atomic mass is 9.87. The average Bonchev–Trinajstić information content (AvgIpc) is 2.30. The Morgan fingerprint density at radius 3 is 2.88 bits per heavy atom. The van der Waals surface area contributed by atoms with Gasteiger partial charge in [-0.25, -0.2) is 4.98 Å². The van der Waals surface area contributed by atoms with Crippen LogP contribution >= 0.6 is 15.9 Å². The first-order valence-electron chi connectivity index (χ1n) is 6.15. The van der Waals surface area contributed by atoms with Crippen molar-refractivity contribution in [2.45, 2.75) is 38.5 Å². The fourth-order valence-corrected chi connectivity index (χ4v) is 2.66. The summed E-state index contributed by atoms with van der Waals surface area (Å²) in [5.74, 6) is 1.28. The second-order valence-corrected chi connectivity index (χ2v) is 5.53. The number of halogens is 1. The van der Waals surface area contributed by atoms with Crippen molar-refractivity contribution in [3.63, 3.8) is 0 Å². The van der Waals surface area contributed by atoms with Crippen molar-refractivity contribution >= 4 is 27.7 Å². The second kappa shape index (κ2) is 6.15. The van der Waals surface area contributed by atoms with E-state index in [1.54, 1.807) is 6.20 Å². The van der Waals surface area contributed by atoms with E-state index in [0.717, 1.165) is 4.47 Å². The van der Waals surface area contributed by atoms with Crippen LogP contribution in [0.25, 0.3) is 0 Å². The highest BCUT2D eigenvalue weighted by atomic mass is 79.9. The molecule has 1 amide bonds. The van der Waals surface area contributed by atoms with Crippen LogP contribution in [-0.4, -0.2) is 10.9 Å². The molecule has 3 nitrogen and oxygen atoms in total. The van der Waals surface area contributed by atoms with Gasteiger partial charge in [0.15, 0.2) is 0 Å². The van der Waals surface area contributed by atoms with E-state index in [4.69, 9.17) is 0 Å². The highest BCUT2D eigenvalue weighted by Gasteiger charge is 2.17. The van der Waals surface area contributed by atoms with Crippen LogP contribution in [0.2, 0.25) is 0 Å². The molecule has 1 N–H and O–H groups in total. The fraction of sp³-hybridized carbons (Fsp3) is 0.538. The van der Waals surface area contributed by atoms with Crippen molar-refractivity contribution in [1.29, 1.82) is 0 Å². The Balaban J connectivity index is 1.84. The molecule has 0 aromatic carbocycles. The molecule has 92 valence electrons. The van der Waals surface area contributed by atoms with Crippen LogP contribution in [0.1, 0.15) is 38.5 Å². The molecule has 1 fully saturated rings. The predicted octanol–water partition coefficient (Wildman–Crippen LogP) is 3.75. The highest BCUT2D eigenvalue weighted by molar-refractivity contribution is 9.10. The molecule has 0 spiro atoms. The van der Waals surface area contributed by atoms with Crippen molar-refractivity contribution in [3.8, 4) is 0 Å². The van der Waals surface area contributed by atoms with Gasteiger partial charge in [0.05, 0.1) is 0 Å². The summed E-state index contributed by atoms with van der Waals surface area (Å²) in [7, 11) is 0. The van der Waals surface area contributed by atoms with Crippen LogP contribution in [0.4, 0.5) is 5.82 Å². The van der Waals surface area contributed by atoms with Gasteiger partial charge in [-0.3, -0.25) is 4.79 Å². The number of hydrogen-bond acceptors (Lipinski definition) is 2. The molecule has 4 heteroatoms. The summed E-state index contributed by atoms with van der Waals surface area (Å²) in [6.45, 7) is 0. The first-order valence-corrected chi connectivity index (χ1v) is 6.95. The molecule has 1 aromatic heterocycles. The van der Waals surface area contributed by atoms with E-state index in [0.29, 0.717) is 18.2 Å². The maximum Gasteiger partial charge on any atom is 0.225 e. The molecule has 0 unspecified atom stereocenters. The summed E-state index contributed by atoms with van der Waals surface area (Å²) in [5, 5.41) is 2.85. The third kappa shape index (κ3) is 4.11. The summed E-state index contributed by atoms with van der Waals surface area (Å²) < 4.78 is 0.931. The van der Waals surface area contributed by atoms with Crippen LogP contribution in [-0.2, 0) is 4.79 Å². The summed E-state index contributed by atoms with van der Waals surface area (Å²) in [5.41, 5.74) is 0.